The van der Waals surface area contributed by atoms with E-state index >= 15 is 0 Å². The molecular formula is C19H28N4O2. The van der Waals surface area contributed by atoms with Gasteiger partial charge in [-0.3, -0.25) is 4.90 Å². The summed E-state index contributed by atoms with van der Waals surface area (Å²) >= 11 is 0. The Labute approximate surface area is 149 Å². The fourth-order valence-electron chi connectivity index (χ4n) is 4.61. The second-order valence-electron chi connectivity index (χ2n) is 8.01. The maximum absolute atomic E-state index is 11.8. The molecule has 25 heavy (non-hydrogen) atoms. The van der Waals surface area contributed by atoms with Crippen molar-refractivity contribution in [2.24, 2.45) is 0 Å². The molecule has 1 atom stereocenters. The van der Waals surface area contributed by atoms with Gasteiger partial charge in [-0.2, -0.15) is 0 Å². The average molecular weight is 344 g/mol. The largest absolute Gasteiger partial charge is 0.440 e. The molecule has 0 N–H and O–H groups in total. The van der Waals surface area contributed by atoms with Crippen molar-refractivity contribution in [1.29, 1.82) is 0 Å². The lowest BCUT2D eigenvalue weighted by Crippen LogP contribution is -2.50. The number of amides is 1. The minimum absolute atomic E-state index is 0.193. The number of likely N-dealkylation sites (tertiary alicyclic amines) is 1. The van der Waals surface area contributed by atoms with Gasteiger partial charge in [0.25, 0.3) is 0 Å². The molecule has 3 heterocycles. The molecule has 4 rings (SSSR count). The van der Waals surface area contributed by atoms with Crippen LogP contribution in [-0.4, -0.2) is 58.1 Å². The number of carbonyl (C=O) groups is 1. The normalized spacial score (nSPS) is 28.5. The molecule has 2 saturated heterocycles. The summed E-state index contributed by atoms with van der Waals surface area (Å²) in [7, 11) is 1.81. The molecule has 2 aliphatic heterocycles. The molecule has 0 bridgehead atoms. The van der Waals surface area contributed by atoms with Gasteiger partial charge < -0.3 is 9.64 Å². The van der Waals surface area contributed by atoms with Crippen molar-refractivity contribution in [1.82, 2.24) is 19.8 Å². The van der Waals surface area contributed by atoms with Crippen LogP contribution in [-0.2, 0) is 11.3 Å². The summed E-state index contributed by atoms with van der Waals surface area (Å²) in [4.78, 5) is 25.1. The molecule has 136 valence electrons. The first-order chi connectivity index (χ1) is 12.1. The number of likely N-dealkylation sites (N-methyl/N-ethyl adjacent to an activating group) is 1. The van der Waals surface area contributed by atoms with Crippen LogP contribution in [0.1, 0.15) is 62.3 Å². The number of piperidine rings is 1. The summed E-state index contributed by atoms with van der Waals surface area (Å²) in [6.07, 6.45) is 12.2. The molecule has 1 aromatic heterocycles. The van der Waals surface area contributed by atoms with Crippen LogP contribution >= 0.6 is 0 Å². The maximum atomic E-state index is 11.8. The van der Waals surface area contributed by atoms with Crippen molar-refractivity contribution in [2.45, 2.75) is 63.0 Å². The number of carbonyl (C=O) groups excluding carboxylic acids is 1. The van der Waals surface area contributed by atoms with Crippen LogP contribution in [0.25, 0.3) is 0 Å². The fourth-order valence-corrected chi connectivity index (χ4v) is 4.61. The molecule has 0 radical (unpaired) electrons. The van der Waals surface area contributed by atoms with Crippen molar-refractivity contribution in [3.63, 3.8) is 0 Å². The fraction of sp³-hybridized carbons (Fsp3) is 0.737. The zero-order valence-electron chi connectivity index (χ0n) is 15.1. The number of nitrogens with zero attached hydrogens (tertiary/aromatic N) is 4. The van der Waals surface area contributed by atoms with E-state index in [1.807, 2.05) is 19.4 Å². The topological polar surface area (TPSA) is 58.6 Å². The van der Waals surface area contributed by atoms with Gasteiger partial charge in [0.05, 0.1) is 6.54 Å². The molecule has 1 spiro atoms. The van der Waals surface area contributed by atoms with Gasteiger partial charge in [-0.25, -0.2) is 14.8 Å². The number of rotatable bonds is 3. The highest BCUT2D eigenvalue weighted by atomic mass is 16.6. The van der Waals surface area contributed by atoms with Crippen molar-refractivity contribution in [2.75, 3.05) is 26.7 Å². The molecule has 3 aliphatic rings. The quantitative estimate of drug-likeness (QED) is 0.844. The molecule has 6 heteroatoms. The van der Waals surface area contributed by atoms with Crippen molar-refractivity contribution >= 4 is 6.09 Å². The Balaban J connectivity index is 1.37. The number of hydrogen-bond acceptors (Lipinski definition) is 5. The highest BCUT2D eigenvalue weighted by Gasteiger charge is 2.46. The predicted molar refractivity (Wildman–Crippen MR) is 94.2 cm³/mol. The highest BCUT2D eigenvalue weighted by Crippen LogP contribution is 2.32. The van der Waals surface area contributed by atoms with Crippen LogP contribution in [0.4, 0.5) is 4.79 Å². The lowest BCUT2D eigenvalue weighted by Gasteiger charge is -2.38. The van der Waals surface area contributed by atoms with E-state index in [2.05, 4.69) is 14.9 Å². The first kappa shape index (κ1) is 16.8. The van der Waals surface area contributed by atoms with Gasteiger partial charge >= 0.3 is 6.09 Å². The Bertz CT molecular complexity index is 614. The lowest BCUT2D eigenvalue weighted by atomic mass is 9.89. The Morgan fingerprint density at radius 1 is 1.16 bits per heavy atom. The van der Waals surface area contributed by atoms with E-state index in [0.717, 1.165) is 43.9 Å². The van der Waals surface area contributed by atoms with Crippen molar-refractivity contribution < 1.29 is 9.53 Å². The zero-order valence-corrected chi connectivity index (χ0v) is 15.1. The van der Waals surface area contributed by atoms with Gasteiger partial charge in [0.15, 0.2) is 0 Å². The van der Waals surface area contributed by atoms with Crippen LogP contribution in [0.5, 0.6) is 0 Å². The SMILES string of the molecule is CN1C[C@]2(CCCN(Cc3cnc(C4CCCCC4)nc3)C2)OC1=O. The van der Waals surface area contributed by atoms with E-state index in [-0.39, 0.29) is 11.7 Å². The van der Waals surface area contributed by atoms with Crippen LogP contribution < -0.4 is 0 Å². The molecular weight excluding hydrogens is 316 g/mol. The lowest BCUT2D eigenvalue weighted by molar-refractivity contribution is -0.0114. The standard InChI is InChI=1S/C19H28N4O2/c1-22-13-19(25-18(22)24)8-5-9-23(14-19)12-15-10-20-17(21-11-15)16-6-3-2-4-7-16/h10-11,16H,2-9,12-14H2,1H3/t19-/m0/s1. The third-order valence-corrected chi connectivity index (χ3v) is 5.86. The van der Waals surface area contributed by atoms with E-state index in [1.54, 1.807) is 4.90 Å². The minimum Gasteiger partial charge on any atom is -0.440 e. The van der Waals surface area contributed by atoms with E-state index in [9.17, 15) is 4.79 Å². The Hall–Kier alpha value is -1.69. The second kappa shape index (κ2) is 6.90. The summed E-state index contributed by atoms with van der Waals surface area (Å²) in [6.45, 7) is 3.36. The Morgan fingerprint density at radius 2 is 1.92 bits per heavy atom. The average Bonchev–Trinajstić information content (AvgIpc) is 2.89. The Kier molecular flexibility index (Phi) is 4.63. The number of hydrogen-bond donors (Lipinski definition) is 0. The van der Waals surface area contributed by atoms with Gasteiger partial charge in [0.2, 0.25) is 0 Å². The minimum atomic E-state index is -0.326. The monoisotopic (exact) mass is 344 g/mol. The summed E-state index contributed by atoms with van der Waals surface area (Å²) < 4.78 is 5.68. The van der Waals surface area contributed by atoms with Crippen molar-refractivity contribution in [3.05, 3.63) is 23.8 Å². The van der Waals surface area contributed by atoms with Gasteiger partial charge in [-0.15, -0.1) is 0 Å². The highest BCUT2D eigenvalue weighted by molar-refractivity contribution is 5.70. The third-order valence-electron chi connectivity index (χ3n) is 5.86. The number of aromatic nitrogens is 2. The van der Waals surface area contributed by atoms with E-state index in [1.165, 1.54) is 32.1 Å². The molecule has 1 aliphatic carbocycles. The van der Waals surface area contributed by atoms with Gasteiger partial charge in [-0.1, -0.05) is 19.3 Å². The van der Waals surface area contributed by atoms with Crippen LogP contribution in [0, 0.1) is 0 Å². The first-order valence-corrected chi connectivity index (χ1v) is 9.61. The van der Waals surface area contributed by atoms with E-state index < -0.39 is 0 Å². The van der Waals surface area contributed by atoms with Crippen molar-refractivity contribution in [3.8, 4) is 0 Å². The molecule has 1 amide bonds. The maximum Gasteiger partial charge on any atom is 0.410 e. The van der Waals surface area contributed by atoms with Crippen LogP contribution in [0.15, 0.2) is 12.4 Å². The smallest absolute Gasteiger partial charge is 0.410 e. The number of ether oxygens (including phenoxy) is 1. The second-order valence-corrected chi connectivity index (χ2v) is 8.01. The van der Waals surface area contributed by atoms with Gasteiger partial charge in [0, 0.05) is 44.0 Å². The Morgan fingerprint density at radius 3 is 2.60 bits per heavy atom. The molecule has 1 aromatic rings. The third kappa shape index (κ3) is 3.64. The molecule has 0 unspecified atom stereocenters. The van der Waals surface area contributed by atoms with Crippen LogP contribution in [0.2, 0.25) is 0 Å². The predicted octanol–water partition coefficient (Wildman–Crippen LogP) is 2.94. The van der Waals surface area contributed by atoms with Gasteiger partial charge in [-0.05, 0) is 32.2 Å². The summed E-state index contributed by atoms with van der Waals surface area (Å²) in [5, 5.41) is 0. The summed E-state index contributed by atoms with van der Waals surface area (Å²) in [6, 6.07) is 0. The molecule has 3 fully saturated rings. The van der Waals surface area contributed by atoms with Gasteiger partial charge in [0.1, 0.15) is 11.4 Å². The molecule has 1 saturated carbocycles. The summed E-state index contributed by atoms with van der Waals surface area (Å²) in [5.74, 6) is 1.57. The summed E-state index contributed by atoms with van der Waals surface area (Å²) in [5.41, 5.74) is 0.821. The van der Waals surface area contributed by atoms with E-state index in [4.69, 9.17) is 4.74 Å². The van der Waals surface area contributed by atoms with Crippen LogP contribution in [0.3, 0.4) is 0 Å². The first-order valence-electron chi connectivity index (χ1n) is 9.61. The molecule has 0 aromatic carbocycles. The zero-order chi connectivity index (χ0) is 17.3. The van der Waals surface area contributed by atoms with E-state index in [0.29, 0.717) is 12.5 Å². The molecule has 6 nitrogen and oxygen atoms in total.